The Bertz CT molecular complexity index is 895. The SMILES string of the molecule is Clc1ccc2ccc3ccc4ncoc4c3c2c1. The Balaban J connectivity index is 2.37. The molecule has 0 amide bonds. The van der Waals surface area contributed by atoms with E-state index in [-0.39, 0.29) is 0 Å². The molecule has 0 spiro atoms. The molecule has 0 aliphatic carbocycles. The van der Waals surface area contributed by atoms with Crippen LogP contribution < -0.4 is 0 Å². The summed E-state index contributed by atoms with van der Waals surface area (Å²) in [6.07, 6.45) is 1.48. The first-order valence-electron chi connectivity index (χ1n) is 5.67. The topological polar surface area (TPSA) is 26.0 Å². The fourth-order valence-electron chi connectivity index (χ4n) is 2.43. The number of rotatable bonds is 0. The van der Waals surface area contributed by atoms with Gasteiger partial charge in [-0.1, -0.05) is 35.9 Å². The molecule has 3 heteroatoms. The maximum Gasteiger partial charge on any atom is 0.182 e. The molecule has 0 unspecified atom stereocenters. The number of hydrogen-bond acceptors (Lipinski definition) is 2. The average Bonchev–Trinajstić information content (AvgIpc) is 2.86. The van der Waals surface area contributed by atoms with Gasteiger partial charge in [-0.15, -0.1) is 0 Å². The molecule has 2 nitrogen and oxygen atoms in total. The Morgan fingerprint density at radius 2 is 1.72 bits per heavy atom. The highest BCUT2D eigenvalue weighted by molar-refractivity contribution is 6.32. The first-order chi connectivity index (χ1) is 8.83. The molecular formula is C15H8ClNO. The van der Waals surface area contributed by atoms with E-state index in [2.05, 4.69) is 23.2 Å². The second kappa shape index (κ2) is 3.47. The van der Waals surface area contributed by atoms with E-state index in [1.54, 1.807) is 0 Å². The van der Waals surface area contributed by atoms with Gasteiger partial charge < -0.3 is 4.42 Å². The standard InChI is InChI=1S/C15H8ClNO/c16-11-5-3-9-1-2-10-4-6-13-15(18-8-17-13)14(10)12(9)7-11/h1-8H. The Morgan fingerprint density at radius 1 is 0.944 bits per heavy atom. The van der Waals surface area contributed by atoms with E-state index in [9.17, 15) is 0 Å². The van der Waals surface area contributed by atoms with Crippen LogP contribution in [0, 0.1) is 0 Å². The highest BCUT2D eigenvalue weighted by Gasteiger charge is 2.08. The quantitative estimate of drug-likeness (QED) is 0.421. The predicted molar refractivity (Wildman–Crippen MR) is 74.0 cm³/mol. The van der Waals surface area contributed by atoms with Gasteiger partial charge in [-0.3, -0.25) is 0 Å². The van der Waals surface area contributed by atoms with E-state index >= 15 is 0 Å². The van der Waals surface area contributed by atoms with Gasteiger partial charge >= 0.3 is 0 Å². The lowest BCUT2D eigenvalue weighted by molar-refractivity contribution is 0.605. The van der Waals surface area contributed by atoms with E-state index in [0.717, 1.165) is 37.7 Å². The molecule has 0 radical (unpaired) electrons. The van der Waals surface area contributed by atoms with Crippen molar-refractivity contribution in [3.63, 3.8) is 0 Å². The molecule has 4 aromatic rings. The lowest BCUT2D eigenvalue weighted by atomic mass is 10.0. The summed E-state index contributed by atoms with van der Waals surface area (Å²) in [5, 5.41) is 5.18. The van der Waals surface area contributed by atoms with Gasteiger partial charge in [-0.25, -0.2) is 4.98 Å². The van der Waals surface area contributed by atoms with E-state index in [0.29, 0.717) is 0 Å². The summed E-state index contributed by atoms with van der Waals surface area (Å²) in [6.45, 7) is 0. The molecule has 0 aliphatic heterocycles. The number of aromatic nitrogens is 1. The molecular weight excluding hydrogens is 246 g/mol. The largest absolute Gasteiger partial charge is 0.443 e. The molecule has 18 heavy (non-hydrogen) atoms. The van der Waals surface area contributed by atoms with Crippen LogP contribution in [0.15, 0.2) is 53.3 Å². The Hall–Kier alpha value is -2.06. The van der Waals surface area contributed by atoms with Gasteiger partial charge in [0, 0.05) is 10.4 Å². The summed E-state index contributed by atoms with van der Waals surface area (Å²) in [6, 6.07) is 14.1. The van der Waals surface area contributed by atoms with Gasteiger partial charge in [0.05, 0.1) is 0 Å². The van der Waals surface area contributed by atoms with Gasteiger partial charge in [0.2, 0.25) is 0 Å². The first-order valence-corrected chi connectivity index (χ1v) is 6.05. The van der Waals surface area contributed by atoms with Crippen molar-refractivity contribution >= 4 is 44.2 Å². The highest BCUT2D eigenvalue weighted by Crippen LogP contribution is 2.32. The van der Waals surface area contributed by atoms with Crippen LogP contribution in [-0.4, -0.2) is 4.98 Å². The van der Waals surface area contributed by atoms with Crippen molar-refractivity contribution in [2.24, 2.45) is 0 Å². The van der Waals surface area contributed by atoms with Crippen molar-refractivity contribution in [1.82, 2.24) is 4.98 Å². The molecule has 4 rings (SSSR count). The molecule has 0 fully saturated rings. The third-order valence-electron chi connectivity index (χ3n) is 3.26. The molecule has 0 atom stereocenters. The minimum Gasteiger partial charge on any atom is -0.443 e. The van der Waals surface area contributed by atoms with Crippen LogP contribution in [0.5, 0.6) is 0 Å². The molecule has 0 saturated heterocycles. The van der Waals surface area contributed by atoms with Gasteiger partial charge in [-0.05, 0) is 34.4 Å². The highest BCUT2D eigenvalue weighted by atomic mass is 35.5. The molecule has 0 saturated carbocycles. The second-order valence-corrected chi connectivity index (χ2v) is 4.73. The van der Waals surface area contributed by atoms with E-state index in [1.807, 2.05) is 24.3 Å². The molecule has 0 aliphatic rings. The summed E-state index contributed by atoms with van der Waals surface area (Å²) in [5.74, 6) is 0. The van der Waals surface area contributed by atoms with Crippen LogP contribution in [0.25, 0.3) is 32.6 Å². The van der Waals surface area contributed by atoms with Crippen LogP contribution >= 0.6 is 11.6 Å². The summed E-state index contributed by atoms with van der Waals surface area (Å²) in [7, 11) is 0. The lowest BCUT2D eigenvalue weighted by Crippen LogP contribution is -1.79. The van der Waals surface area contributed by atoms with Gasteiger partial charge in [-0.2, -0.15) is 0 Å². The zero-order valence-corrected chi connectivity index (χ0v) is 10.1. The number of hydrogen-bond donors (Lipinski definition) is 0. The smallest absolute Gasteiger partial charge is 0.182 e. The van der Waals surface area contributed by atoms with Crippen molar-refractivity contribution in [3.8, 4) is 0 Å². The fraction of sp³-hybridized carbons (Fsp3) is 0. The van der Waals surface area contributed by atoms with Crippen molar-refractivity contribution < 1.29 is 4.42 Å². The Morgan fingerprint density at radius 3 is 2.67 bits per heavy atom. The molecule has 3 aromatic carbocycles. The van der Waals surface area contributed by atoms with Crippen LogP contribution in [0.3, 0.4) is 0 Å². The van der Waals surface area contributed by atoms with Crippen molar-refractivity contribution in [1.29, 1.82) is 0 Å². The maximum atomic E-state index is 6.10. The third kappa shape index (κ3) is 1.27. The zero-order chi connectivity index (χ0) is 12.1. The number of benzene rings is 3. The van der Waals surface area contributed by atoms with E-state index in [1.165, 1.54) is 6.39 Å². The number of fused-ring (bicyclic) bond motifs is 5. The minimum atomic E-state index is 0.728. The Labute approximate surface area is 108 Å². The predicted octanol–water partition coefficient (Wildman–Crippen LogP) is 4.79. The molecule has 0 N–H and O–H groups in total. The summed E-state index contributed by atoms with van der Waals surface area (Å²) in [5.41, 5.74) is 1.69. The summed E-state index contributed by atoms with van der Waals surface area (Å²) < 4.78 is 5.52. The number of nitrogens with zero attached hydrogens (tertiary/aromatic N) is 1. The van der Waals surface area contributed by atoms with Crippen molar-refractivity contribution in [3.05, 3.63) is 53.9 Å². The second-order valence-electron chi connectivity index (χ2n) is 4.30. The summed E-state index contributed by atoms with van der Waals surface area (Å²) >= 11 is 6.10. The van der Waals surface area contributed by atoms with Gasteiger partial charge in [0.1, 0.15) is 5.52 Å². The zero-order valence-electron chi connectivity index (χ0n) is 9.35. The number of oxazole rings is 1. The molecule has 1 aromatic heterocycles. The van der Waals surface area contributed by atoms with Crippen molar-refractivity contribution in [2.45, 2.75) is 0 Å². The van der Waals surface area contributed by atoms with Crippen LogP contribution in [-0.2, 0) is 0 Å². The van der Waals surface area contributed by atoms with Crippen LogP contribution in [0.1, 0.15) is 0 Å². The first kappa shape index (κ1) is 9.92. The maximum absolute atomic E-state index is 6.10. The minimum absolute atomic E-state index is 0.728. The normalized spacial score (nSPS) is 11.6. The third-order valence-corrected chi connectivity index (χ3v) is 3.49. The molecule has 0 bridgehead atoms. The van der Waals surface area contributed by atoms with Gasteiger partial charge in [0.15, 0.2) is 12.0 Å². The monoisotopic (exact) mass is 253 g/mol. The number of halogens is 1. The van der Waals surface area contributed by atoms with E-state index < -0.39 is 0 Å². The lowest BCUT2D eigenvalue weighted by Gasteiger charge is -2.04. The van der Waals surface area contributed by atoms with Crippen molar-refractivity contribution in [2.75, 3.05) is 0 Å². The Kier molecular flexibility index (Phi) is 1.91. The molecule has 86 valence electrons. The summed E-state index contributed by atoms with van der Waals surface area (Å²) in [4.78, 5) is 4.20. The van der Waals surface area contributed by atoms with E-state index in [4.69, 9.17) is 16.0 Å². The fourth-order valence-corrected chi connectivity index (χ4v) is 2.60. The average molecular weight is 254 g/mol. The van der Waals surface area contributed by atoms with Crippen LogP contribution in [0.2, 0.25) is 5.02 Å². The van der Waals surface area contributed by atoms with Gasteiger partial charge in [0.25, 0.3) is 0 Å². The molecule has 1 heterocycles. The van der Waals surface area contributed by atoms with Crippen LogP contribution in [0.4, 0.5) is 0 Å².